The molecule has 0 aliphatic heterocycles. The monoisotopic (exact) mass is 309 g/mol. The molecule has 0 fully saturated rings. The third kappa shape index (κ3) is 4.39. The number of carbonyl (C=O) groups is 1. The van der Waals surface area contributed by atoms with Gasteiger partial charge in [-0.2, -0.15) is 0 Å². The summed E-state index contributed by atoms with van der Waals surface area (Å²) in [6, 6.07) is 1.23. The van der Waals surface area contributed by atoms with Crippen LogP contribution in [-0.2, 0) is 9.84 Å². The summed E-state index contributed by atoms with van der Waals surface area (Å²) < 4.78 is 22.3. The van der Waals surface area contributed by atoms with Crippen LogP contribution in [-0.4, -0.2) is 36.9 Å². The highest BCUT2D eigenvalue weighted by atomic mass is 32.2. The largest absolute Gasteiger partial charge is 0.294 e. The number of hydrogen-bond acceptors (Lipinski definition) is 7. The summed E-state index contributed by atoms with van der Waals surface area (Å²) in [6.07, 6.45) is 1.11. The van der Waals surface area contributed by atoms with Gasteiger partial charge in [0.1, 0.15) is 14.0 Å². The van der Waals surface area contributed by atoms with Crippen molar-refractivity contribution >= 4 is 44.4 Å². The fourth-order valence-electron chi connectivity index (χ4n) is 1.05. The number of carbonyl (C=O) groups excluding carboxylic acids is 1. The molecule has 1 aromatic rings. The number of Topliss-reactive ketones (excluding diaryl/α,β-unsaturated/α-hetero) is 1. The molecule has 0 aromatic carbocycles. The molecule has 0 radical (unpaired) electrons. The Morgan fingerprint density at radius 2 is 2.17 bits per heavy atom. The van der Waals surface area contributed by atoms with E-state index >= 15 is 0 Å². The number of hydrogen-bond donors (Lipinski definition) is 0. The van der Waals surface area contributed by atoms with Gasteiger partial charge in [0.2, 0.25) is 0 Å². The SMILES string of the molecule is CC(=O)c1cc([N+](=O)[O-])c(SCCS(C)(=O)=O)s1. The first-order chi connectivity index (χ1) is 8.20. The fourth-order valence-corrected chi connectivity index (χ4v) is 4.57. The zero-order valence-electron chi connectivity index (χ0n) is 9.70. The van der Waals surface area contributed by atoms with Crippen LogP contribution in [0.1, 0.15) is 16.6 Å². The summed E-state index contributed by atoms with van der Waals surface area (Å²) in [5, 5.41) is 10.8. The molecule has 1 heterocycles. The maximum absolute atomic E-state index is 11.1. The molecule has 0 bridgehead atoms. The number of sulfone groups is 1. The smallest absolute Gasteiger partial charge is 0.294 e. The third-order valence-corrected chi connectivity index (χ3v) is 5.62. The van der Waals surface area contributed by atoms with Crippen LogP contribution in [0.25, 0.3) is 0 Å². The quantitative estimate of drug-likeness (QED) is 0.345. The number of nitro groups is 1. The van der Waals surface area contributed by atoms with E-state index in [2.05, 4.69) is 0 Å². The van der Waals surface area contributed by atoms with Gasteiger partial charge in [-0.1, -0.05) is 0 Å². The number of thioether (sulfide) groups is 1. The first kappa shape index (κ1) is 15.1. The van der Waals surface area contributed by atoms with Crippen molar-refractivity contribution in [3.8, 4) is 0 Å². The maximum atomic E-state index is 11.1. The number of ketones is 1. The van der Waals surface area contributed by atoms with Crippen molar-refractivity contribution < 1.29 is 18.1 Å². The average molecular weight is 309 g/mol. The molecule has 100 valence electrons. The number of rotatable bonds is 6. The molecule has 0 amide bonds. The van der Waals surface area contributed by atoms with Crippen molar-refractivity contribution in [2.75, 3.05) is 17.8 Å². The molecular weight excluding hydrogens is 298 g/mol. The van der Waals surface area contributed by atoms with Crippen LogP contribution < -0.4 is 0 Å². The van der Waals surface area contributed by atoms with Gasteiger partial charge >= 0.3 is 0 Å². The maximum Gasteiger partial charge on any atom is 0.294 e. The van der Waals surface area contributed by atoms with Gasteiger partial charge < -0.3 is 0 Å². The minimum Gasteiger partial charge on any atom is -0.294 e. The Hall–Kier alpha value is -0.930. The first-order valence-electron chi connectivity index (χ1n) is 4.80. The Bertz CT molecular complexity index is 575. The Labute approximate surface area is 112 Å². The second-order valence-corrected chi connectivity index (χ2v) is 8.25. The van der Waals surface area contributed by atoms with Crippen LogP contribution >= 0.6 is 23.1 Å². The van der Waals surface area contributed by atoms with Crippen LogP contribution in [0.15, 0.2) is 10.3 Å². The second kappa shape index (κ2) is 5.81. The van der Waals surface area contributed by atoms with Gasteiger partial charge in [0.05, 0.1) is 15.6 Å². The minimum absolute atomic E-state index is 0.0534. The predicted octanol–water partition coefficient (Wildman–Crippen LogP) is 2.00. The van der Waals surface area contributed by atoms with Gasteiger partial charge in [0.15, 0.2) is 5.78 Å². The third-order valence-electron chi connectivity index (χ3n) is 1.91. The summed E-state index contributed by atoms with van der Waals surface area (Å²) in [7, 11) is -3.09. The molecular formula is C9H11NO5S3. The standard InChI is InChI=1S/C9H11NO5S3/c1-6(11)8-5-7(10(12)13)9(17-8)16-3-4-18(2,14)15/h5H,3-4H2,1-2H3. The number of thiophene rings is 1. The van der Waals surface area contributed by atoms with Crippen molar-refractivity contribution in [1.82, 2.24) is 0 Å². The van der Waals surface area contributed by atoms with Gasteiger partial charge in [0, 0.05) is 18.1 Å². The summed E-state index contributed by atoms with van der Waals surface area (Å²) >= 11 is 2.11. The van der Waals surface area contributed by atoms with E-state index in [0.29, 0.717) is 9.09 Å². The minimum atomic E-state index is -3.09. The zero-order chi connectivity index (χ0) is 13.9. The molecule has 1 aromatic heterocycles. The first-order valence-corrected chi connectivity index (χ1v) is 8.66. The van der Waals surface area contributed by atoms with Gasteiger partial charge in [-0.15, -0.1) is 23.1 Å². The Morgan fingerprint density at radius 1 is 1.56 bits per heavy atom. The molecule has 0 saturated carbocycles. The van der Waals surface area contributed by atoms with Crippen LogP contribution in [0, 0.1) is 10.1 Å². The Kier molecular flexibility index (Phi) is 4.88. The average Bonchev–Trinajstić information content (AvgIpc) is 2.59. The predicted molar refractivity (Wildman–Crippen MR) is 71.4 cm³/mol. The van der Waals surface area contributed by atoms with Gasteiger partial charge in [-0.05, 0) is 6.92 Å². The highest BCUT2D eigenvalue weighted by Crippen LogP contribution is 2.37. The molecule has 0 saturated heterocycles. The van der Waals surface area contributed by atoms with Crippen molar-refractivity contribution in [2.24, 2.45) is 0 Å². The molecule has 0 aliphatic carbocycles. The molecule has 0 atom stereocenters. The topological polar surface area (TPSA) is 94.3 Å². The van der Waals surface area contributed by atoms with Crippen molar-refractivity contribution in [2.45, 2.75) is 11.1 Å². The summed E-state index contributed by atoms with van der Waals surface area (Å²) in [6.45, 7) is 1.33. The molecule has 6 nitrogen and oxygen atoms in total. The fraction of sp³-hybridized carbons (Fsp3) is 0.444. The molecule has 0 unspecified atom stereocenters. The summed E-state index contributed by atoms with van der Waals surface area (Å²) in [5.74, 6) is -0.0577. The second-order valence-electron chi connectivity index (χ2n) is 3.57. The van der Waals surface area contributed by atoms with Gasteiger partial charge in [0.25, 0.3) is 5.69 Å². The van der Waals surface area contributed by atoms with Crippen molar-refractivity contribution in [1.29, 1.82) is 0 Å². The van der Waals surface area contributed by atoms with E-state index in [0.717, 1.165) is 29.4 Å². The van der Waals surface area contributed by atoms with Gasteiger partial charge in [-0.25, -0.2) is 8.42 Å². The molecule has 1 rings (SSSR count). The lowest BCUT2D eigenvalue weighted by Gasteiger charge is -1.97. The molecule has 9 heteroatoms. The lowest BCUT2D eigenvalue weighted by molar-refractivity contribution is -0.387. The molecule has 0 spiro atoms. The van der Waals surface area contributed by atoms with E-state index in [1.807, 2.05) is 0 Å². The van der Waals surface area contributed by atoms with Crippen LogP contribution in [0.3, 0.4) is 0 Å². The highest BCUT2D eigenvalue weighted by molar-refractivity contribution is 8.02. The van der Waals surface area contributed by atoms with Crippen molar-refractivity contribution in [3.63, 3.8) is 0 Å². The van der Waals surface area contributed by atoms with Crippen LogP contribution in [0.2, 0.25) is 0 Å². The summed E-state index contributed by atoms with van der Waals surface area (Å²) in [4.78, 5) is 21.7. The molecule has 18 heavy (non-hydrogen) atoms. The van der Waals surface area contributed by atoms with Crippen molar-refractivity contribution in [3.05, 3.63) is 21.1 Å². The summed E-state index contributed by atoms with van der Waals surface area (Å²) in [5.41, 5.74) is -0.135. The Balaban J connectivity index is 2.87. The van der Waals surface area contributed by atoms with E-state index in [4.69, 9.17) is 0 Å². The zero-order valence-corrected chi connectivity index (χ0v) is 12.2. The van der Waals surface area contributed by atoms with E-state index < -0.39 is 14.8 Å². The van der Waals surface area contributed by atoms with E-state index in [1.54, 1.807) is 0 Å². The van der Waals surface area contributed by atoms with E-state index in [9.17, 15) is 23.3 Å². The molecule has 0 N–H and O–H groups in total. The lowest BCUT2D eigenvalue weighted by Crippen LogP contribution is -2.04. The normalized spacial score (nSPS) is 11.4. The van der Waals surface area contributed by atoms with Crippen LogP contribution in [0.4, 0.5) is 5.69 Å². The van der Waals surface area contributed by atoms with Crippen LogP contribution in [0.5, 0.6) is 0 Å². The highest BCUT2D eigenvalue weighted by Gasteiger charge is 2.21. The van der Waals surface area contributed by atoms with E-state index in [1.165, 1.54) is 13.0 Å². The number of nitrogens with zero attached hydrogens (tertiary/aromatic N) is 1. The van der Waals surface area contributed by atoms with E-state index in [-0.39, 0.29) is 23.0 Å². The lowest BCUT2D eigenvalue weighted by atomic mass is 10.3. The molecule has 0 aliphatic rings. The van der Waals surface area contributed by atoms with Gasteiger partial charge in [-0.3, -0.25) is 14.9 Å². The Morgan fingerprint density at radius 3 is 2.61 bits per heavy atom.